The lowest BCUT2D eigenvalue weighted by atomic mass is 9.94. The van der Waals surface area contributed by atoms with Crippen LogP contribution in [0.1, 0.15) is 35.7 Å². The SMILES string of the molecule is CC1=C(c2nc(-c3ccc4c(c3)OCO4)no2)C(c2ccc(C)cc2)NC(=O)N1Cc1ccco1. The maximum atomic E-state index is 13.1. The fraction of sp³-hybridized carbons (Fsp3) is 0.192. The van der Waals surface area contributed by atoms with Crippen molar-refractivity contribution in [2.45, 2.75) is 26.4 Å². The molecule has 0 radical (unpaired) electrons. The van der Waals surface area contributed by atoms with Crippen molar-refractivity contribution in [3.05, 3.63) is 89.3 Å². The zero-order valence-electron chi connectivity index (χ0n) is 19.1. The molecule has 4 aromatic rings. The summed E-state index contributed by atoms with van der Waals surface area (Å²) in [6, 6.07) is 16.4. The smallest absolute Gasteiger partial charge is 0.322 e. The van der Waals surface area contributed by atoms with Crippen molar-refractivity contribution in [2.24, 2.45) is 0 Å². The fourth-order valence-corrected chi connectivity index (χ4v) is 4.30. The number of benzene rings is 2. The van der Waals surface area contributed by atoms with Gasteiger partial charge < -0.3 is 23.7 Å². The Morgan fingerprint density at radius 3 is 2.69 bits per heavy atom. The monoisotopic (exact) mass is 470 g/mol. The summed E-state index contributed by atoms with van der Waals surface area (Å²) >= 11 is 0. The Hall–Kier alpha value is -4.53. The first-order valence-corrected chi connectivity index (χ1v) is 11.2. The highest BCUT2D eigenvalue weighted by Crippen LogP contribution is 2.39. The molecule has 0 saturated heterocycles. The van der Waals surface area contributed by atoms with Gasteiger partial charge in [0.25, 0.3) is 5.89 Å². The summed E-state index contributed by atoms with van der Waals surface area (Å²) in [5, 5.41) is 7.32. The van der Waals surface area contributed by atoms with Crippen LogP contribution in [-0.4, -0.2) is 27.9 Å². The molecule has 2 aromatic carbocycles. The Kier molecular flexibility index (Phi) is 5.02. The van der Waals surface area contributed by atoms with E-state index in [0.29, 0.717) is 34.7 Å². The van der Waals surface area contributed by atoms with E-state index in [-0.39, 0.29) is 19.4 Å². The Bertz CT molecular complexity index is 1420. The van der Waals surface area contributed by atoms with Crippen LogP contribution in [0.25, 0.3) is 17.0 Å². The van der Waals surface area contributed by atoms with Crippen LogP contribution in [0.3, 0.4) is 0 Å². The number of furan rings is 1. The first-order valence-electron chi connectivity index (χ1n) is 11.2. The van der Waals surface area contributed by atoms with E-state index in [1.54, 1.807) is 17.2 Å². The molecule has 1 atom stereocenters. The molecular weight excluding hydrogens is 448 g/mol. The summed E-state index contributed by atoms with van der Waals surface area (Å²) in [5.74, 6) is 2.72. The number of carbonyl (C=O) groups is 1. The molecule has 2 aliphatic rings. The number of rotatable bonds is 5. The van der Waals surface area contributed by atoms with Crippen molar-refractivity contribution in [1.29, 1.82) is 0 Å². The lowest BCUT2D eigenvalue weighted by Crippen LogP contribution is -2.45. The van der Waals surface area contributed by atoms with E-state index < -0.39 is 6.04 Å². The van der Waals surface area contributed by atoms with E-state index in [2.05, 4.69) is 10.5 Å². The van der Waals surface area contributed by atoms with Gasteiger partial charge >= 0.3 is 6.03 Å². The maximum absolute atomic E-state index is 13.1. The molecule has 2 amide bonds. The largest absolute Gasteiger partial charge is 0.467 e. The quantitative estimate of drug-likeness (QED) is 0.435. The number of nitrogens with one attached hydrogen (secondary N) is 1. The van der Waals surface area contributed by atoms with E-state index >= 15 is 0 Å². The van der Waals surface area contributed by atoms with Gasteiger partial charge in [0.05, 0.1) is 24.4 Å². The van der Waals surface area contributed by atoms with Gasteiger partial charge in [-0.2, -0.15) is 4.98 Å². The second-order valence-corrected chi connectivity index (χ2v) is 8.45. The molecular formula is C26H22N4O5. The van der Waals surface area contributed by atoms with Crippen LogP contribution in [0.5, 0.6) is 11.5 Å². The topological polar surface area (TPSA) is 103 Å². The van der Waals surface area contributed by atoms with Crippen molar-refractivity contribution in [2.75, 3.05) is 6.79 Å². The Morgan fingerprint density at radius 1 is 1.06 bits per heavy atom. The van der Waals surface area contributed by atoms with Crippen LogP contribution >= 0.6 is 0 Å². The molecule has 0 saturated carbocycles. The van der Waals surface area contributed by atoms with Gasteiger partial charge in [0.15, 0.2) is 11.5 Å². The number of allylic oxidation sites excluding steroid dienone is 1. The highest BCUT2D eigenvalue weighted by Gasteiger charge is 2.36. The first-order chi connectivity index (χ1) is 17.1. The van der Waals surface area contributed by atoms with Crippen molar-refractivity contribution in [3.8, 4) is 22.9 Å². The molecule has 0 fully saturated rings. The number of carbonyl (C=O) groups excluding carboxylic acids is 1. The third kappa shape index (κ3) is 3.80. The molecule has 0 bridgehead atoms. The molecule has 1 N–H and O–H groups in total. The number of aryl methyl sites for hydroxylation is 1. The van der Waals surface area contributed by atoms with Gasteiger partial charge in [0.2, 0.25) is 12.6 Å². The summed E-state index contributed by atoms with van der Waals surface area (Å²) in [6.45, 7) is 4.36. The molecule has 2 aliphatic heterocycles. The van der Waals surface area contributed by atoms with Gasteiger partial charge in [-0.3, -0.25) is 4.90 Å². The van der Waals surface area contributed by atoms with E-state index in [1.165, 1.54) is 0 Å². The predicted molar refractivity (Wildman–Crippen MR) is 125 cm³/mol. The van der Waals surface area contributed by atoms with Gasteiger partial charge in [-0.15, -0.1) is 0 Å². The van der Waals surface area contributed by atoms with Gasteiger partial charge in [-0.1, -0.05) is 35.0 Å². The van der Waals surface area contributed by atoms with Crippen molar-refractivity contribution >= 4 is 11.6 Å². The lowest BCUT2D eigenvalue weighted by Gasteiger charge is -2.34. The molecule has 4 heterocycles. The molecule has 9 nitrogen and oxygen atoms in total. The molecule has 35 heavy (non-hydrogen) atoms. The molecule has 0 aliphatic carbocycles. The van der Waals surface area contributed by atoms with E-state index in [9.17, 15) is 4.79 Å². The molecule has 6 rings (SSSR count). The van der Waals surface area contributed by atoms with Gasteiger partial charge in [0.1, 0.15) is 5.76 Å². The van der Waals surface area contributed by atoms with Crippen molar-refractivity contribution in [3.63, 3.8) is 0 Å². The zero-order valence-corrected chi connectivity index (χ0v) is 19.1. The Morgan fingerprint density at radius 2 is 1.89 bits per heavy atom. The number of ether oxygens (including phenoxy) is 2. The van der Waals surface area contributed by atoms with E-state index in [1.807, 2.05) is 62.4 Å². The Balaban J connectivity index is 1.43. The van der Waals surface area contributed by atoms with Crippen LogP contribution in [0.15, 0.2) is 75.5 Å². The number of fused-ring (bicyclic) bond motifs is 1. The van der Waals surface area contributed by atoms with Crippen LogP contribution in [0.4, 0.5) is 4.79 Å². The minimum absolute atomic E-state index is 0.186. The number of hydrogen-bond acceptors (Lipinski definition) is 7. The normalized spacial score (nSPS) is 17.1. The average molecular weight is 470 g/mol. The minimum atomic E-state index is -0.457. The lowest BCUT2D eigenvalue weighted by molar-refractivity contribution is 0.174. The molecule has 2 aromatic heterocycles. The molecule has 1 unspecified atom stereocenters. The predicted octanol–water partition coefficient (Wildman–Crippen LogP) is 5.06. The van der Waals surface area contributed by atoms with Crippen molar-refractivity contribution < 1.29 is 23.2 Å². The third-order valence-electron chi connectivity index (χ3n) is 6.19. The first kappa shape index (κ1) is 21.0. The second-order valence-electron chi connectivity index (χ2n) is 8.45. The minimum Gasteiger partial charge on any atom is -0.467 e. The van der Waals surface area contributed by atoms with Gasteiger partial charge in [-0.25, -0.2) is 4.79 Å². The summed E-state index contributed by atoms with van der Waals surface area (Å²) in [5.41, 5.74) is 4.21. The number of amides is 2. The van der Waals surface area contributed by atoms with Crippen LogP contribution in [0, 0.1) is 6.92 Å². The number of hydrogen-bond donors (Lipinski definition) is 1. The van der Waals surface area contributed by atoms with Crippen molar-refractivity contribution in [1.82, 2.24) is 20.4 Å². The number of aromatic nitrogens is 2. The van der Waals surface area contributed by atoms with Crippen LogP contribution in [0.2, 0.25) is 0 Å². The van der Waals surface area contributed by atoms with E-state index in [0.717, 1.165) is 22.3 Å². The standard InChI is InChI=1S/C26H22N4O5/c1-15-5-7-17(8-6-15)23-22(16(2)30(26(31)27-23)13-19-4-3-11-32-19)25-28-24(29-35-25)18-9-10-20-21(12-18)34-14-33-20/h3-12,23H,13-14H2,1-2H3,(H,27,31). The summed E-state index contributed by atoms with van der Waals surface area (Å²) in [7, 11) is 0. The van der Waals surface area contributed by atoms with Crippen LogP contribution in [-0.2, 0) is 6.54 Å². The summed E-state index contributed by atoms with van der Waals surface area (Å²) < 4.78 is 22.1. The highest BCUT2D eigenvalue weighted by molar-refractivity contribution is 5.86. The van der Waals surface area contributed by atoms with Gasteiger partial charge in [-0.05, 0) is 49.7 Å². The summed E-state index contributed by atoms with van der Waals surface area (Å²) in [6.07, 6.45) is 1.59. The zero-order chi connectivity index (χ0) is 23.9. The van der Waals surface area contributed by atoms with Crippen LogP contribution < -0.4 is 14.8 Å². The fourth-order valence-electron chi connectivity index (χ4n) is 4.30. The third-order valence-corrected chi connectivity index (χ3v) is 6.19. The second kappa shape index (κ2) is 8.35. The molecule has 0 spiro atoms. The molecule has 9 heteroatoms. The maximum Gasteiger partial charge on any atom is 0.322 e. The summed E-state index contributed by atoms with van der Waals surface area (Å²) in [4.78, 5) is 19.5. The number of nitrogens with zero attached hydrogens (tertiary/aromatic N) is 3. The Labute approximate surface area is 200 Å². The van der Waals surface area contributed by atoms with Gasteiger partial charge in [0, 0.05) is 11.3 Å². The molecule has 176 valence electrons. The van der Waals surface area contributed by atoms with E-state index in [4.69, 9.17) is 23.4 Å². The number of urea groups is 1. The average Bonchev–Trinajstić information content (AvgIpc) is 3.63. The highest BCUT2D eigenvalue weighted by atomic mass is 16.7.